The van der Waals surface area contributed by atoms with Crippen LogP contribution >= 0.6 is 0 Å². The van der Waals surface area contributed by atoms with Crippen molar-refractivity contribution in [3.63, 3.8) is 0 Å². The molecule has 1 saturated heterocycles. The zero-order chi connectivity index (χ0) is 22.4. The molecule has 1 atom stereocenters. The van der Waals surface area contributed by atoms with Crippen LogP contribution in [0.2, 0.25) is 0 Å². The van der Waals surface area contributed by atoms with Crippen LogP contribution in [0.25, 0.3) is 5.76 Å². The maximum atomic E-state index is 13.0. The van der Waals surface area contributed by atoms with Crippen LogP contribution in [0.4, 0.5) is 0 Å². The number of ether oxygens (including phenoxy) is 1. The fraction of sp³-hybridized carbons (Fsp3) is 0.375. The van der Waals surface area contributed by atoms with Crippen molar-refractivity contribution in [3.8, 4) is 5.75 Å². The molecule has 1 aliphatic heterocycles. The third-order valence-electron chi connectivity index (χ3n) is 5.50. The smallest absolute Gasteiger partial charge is 0.295 e. The van der Waals surface area contributed by atoms with Crippen LogP contribution in [-0.2, 0) is 9.59 Å². The maximum Gasteiger partial charge on any atom is 0.295 e. The largest absolute Gasteiger partial charge is 0.507 e. The van der Waals surface area contributed by atoms with E-state index in [2.05, 4.69) is 23.7 Å². The number of carbonyl (C=O) groups excluding carboxylic acids is 2. The Bertz CT molecular complexity index is 937. The second-order valence-corrected chi connectivity index (χ2v) is 7.23. The number of hydrogen-bond acceptors (Lipinski definition) is 6. The molecule has 0 saturated carbocycles. The molecule has 7 nitrogen and oxygen atoms in total. The quantitative estimate of drug-likeness (QED) is 0.379. The molecule has 1 aromatic carbocycles. The van der Waals surface area contributed by atoms with Gasteiger partial charge in [-0.3, -0.25) is 14.6 Å². The minimum atomic E-state index is -0.733. The minimum Gasteiger partial charge on any atom is -0.507 e. The van der Waals surface area contributed by atoms with Crippen molar-refractivity contribution < 1.29 is 19.4 Å². The summed E-state index contributed by atoms with van der Waals surface area (Å²) in [5.41, 5.74) is 1.06. The van der Waals surface area contributed by atoms with E-state index in [1.54, 1.807) is 42.6 Å². The number of carbonyl (C=O) groups is 2. The van der Waals surface area contributed by atoms with Gasteiger partial charge in [0.05, 0.1) is 17.9 Å². The van der Waals surface area contributed by atoms with Gasteiger partial charge in [-0.15, -0.1) is 0 Å². The van der Waals surface area contributed by atoms with Crippen LogP contribution in [0.5, 0.6) is 5.75 Å². The molecule has 0 spiro atoms. The Labute approximate surface area is 183 Å². The predicted molar refractivity (Wildman–Crippen MR) is 119 cm³/mol. The predicted octanol–water partition coefficient (Wildman–Crippen LogP) is 3.24. The number of likely N-dealkylation sites (tertiary alicyclic amines) is 1. The number of aromatic nitrogens is 1. The monoisotopic (exact) mass is 423 g/mol. The van der Waals surface area contributed by atoms with Gasteiger partial charge in [0.1, 0.15) is 17.6 Å². The first-order chi connectivity index (χ1) is 15.0. The van der Waals surface area contributed by atoms with Gasteiger partial charge in [-0.05, 0) is 56.4 Å². The summed E-state index contributed by atoms with van der Waals surface area (Å²) in [4.78, 5) is 34.0. The van der Waals surface area contributed by atoms with Crippen molar-refractivity contribution >= 4 is 17.4 Å². The van der Waals surface area contributed by atoms with E-state index < -0.39 is 17.7 Å². The second kappa shape index (κ2) is 10.2. The SMILES string of the molecule is CCOc1ccc(/C(O)=C2\C(=O)C(=O)N(CCN(CC)CC)C2c2ccccn2)cc1. The van der Waals surface area contributed by atoms with Gasteiger partial charge >= 0.3 is 0 Å². The number of hydrogen-bond donors (Lipinski definition) is 1. The van der Waals surface area contributed by atoms with Crippen molar-refractivity contribution in [2.45, 2.75) is 26.8 Å². The molecule has 0 radical (unpaired) electrons. The highest BCUT2D eigenvalue weighted by Crippen LogP contribution is 2.38. The van der Waals surface area contributed by atoms with E-state index >= 15 is 0 Å². The number of benzene rings is 1. The number of amides is 1. The van der Waals surface area contributed by atoms with Gasteiger partial charge in [-0.25, -0.2) is 0 Å². The lowest BCUT2D eigenvalue weighted by Crippen LogP contribution is -2.38. The number of likely N-dealkylation sites (N-methyl/N-ethyl adjacent to an activating group) is 1. The second-order valence-electron chi connectivity index (χ2n) is 7.23. The normalized spacial score (nSPS) is 18.1. The third kappa shape index (κ3) is 4.77. The summed E-state index contributed by atoms with van der Waals surface area (Å²) in [5.74, 6) is -0.848. The zero-order valence-electron chi connectivity index (χ0n) is 18.2. The van der Waals surface area contributed by atoms with E-state index in [0.29, 0.717) is 36.7 Å². The summed E-state index contributed by atoms with van der Waals surface area (Å²) in [7, 11) is 0. The van der Waals surface area contributed by atoms with Gasteiger partial charge in [0.25, 0.3) is 11.7 Å². The van der Waals surface area contributed by atoms with Gasteiger partial charge in [-0.2, -0.15) is 0 Å². The summed E-state index contributed by atoms with van der Waals surface area (Å²) in [6.07, 6.45) is 1.62. The van der Waals surface area contributed by atoms with E-state index in [0.717, 1.165) is 13.1 Å². The number of aliphatic hydroxyl groups excluding tert-OH is 1. The van der Waals surface area contributed by atoms with E-state index in [9.17, 15) is 14.7 Å². The average Bonchev–Trinajstić information content (AvgIpc) is 3.05. The van der Waals surface area contributed by atoms with Gasteiger partial charge < -0.3 is 19.6 Å². The molecule has 0 aliphatic carbocycles. The summed E-state index contributed by atoms with van der Waals surface area (Å²) in [6, 6.07) is 11.4. The van der Waals surface area contributed by atoms with Crippen LogP contribution in [0.3, 0.4) is 0 Å². The highest BCUT2D eigenvalue weighted by molar-refractivity contribution is 6.46. The van der Waals surface area contributed by atoms with Crippen molar-refractivity contribution in [2.75, 3.05) is 32.8 Å². The maximum absolute atomic E-state index is 13.0. The molecule has 1 N–H and O–H groups in total. The van der Waals surface area contributed by atoms with Crippen LogP contribution < -0.4 is 4.74 Å². The average molecular weight is 424 g/mol. The zero-order valence-corrected chi connectivity index (χ0v) is 18.2. The summed E-state index contributed by atoms with van der Waals surface area (Å²) in [6.45, 7) is 9.23. The van der Waals surface area contributed by atoms with Crippen LogP contribution in [-0.4, -0.2) is 64.4 Å². The lowest BCUT2D eigenvalue weighted by molar-refractivity contribution is -0.140. The molecule has 3 rings (SSSR count). The Morgan fingerprint density at radius 3 is 2.39 bits per heavy atom. The van der Waals surface area contributed by atoms with Crippen LogP contribution in [0.1, 0.15) is 38.1 Å². The van der Waals surface area contributed by atoms with Gasteiger partial charge in [0, 0.05) is 24.8 Å². The van der Waals surface area contributed by atoms with Crippen molar-refractivity contribution in [3.05, 3.63) is 65.5 Å². The summed E-state index contributed by atoms with van der Waals surface area (Å²) < 4.78 is 5.45. The molecule has 1 amide bonds. The first kappa shape index (κ1) is 22.5. The molecule has 2 heterocycles. The Morgan fingerprint density at radius 1 is 1.10 bits per heavy atom. The molecular weight excluding hydrogens is 394 g/mol. The van der Waals surface area contributed by atoms with Crippen LogP contribution in [0.15, 0.2) is 54.2 Å². The van der Waals surface area contributed by atoms with Crippen molar-refractivity contribution in [1.82, 2.24) is 14.8 Å². The molecule has 2 aromatic rings. The minimum absolute atomic E-state index is 0.0624. The van der Waals surface area contributed by atoms with E-state index in [4.69, 9.17) is 4.74 Å². The molecule has 1 aromatic heterocycles. The van der Waals surface area contributed by atoms with Gasteiger partial charge in [0.2, 0.25) is 0 Å². The third-order valence-corrected chi connectivity index (χ3v) is 5.50. The molecule has 164 valence electrons. The summed E-state index contributed by atoms with van der Waals surface area (Å²) >= 11 is 0. The number of Topliss-reactive ketones (excluding diaryl/α,β-unsaturated/α-hetero) is 1. The standard InChI is InChI=1S/C24H29N3O4/c1-4-26(5-2)15-16-27-21(19-9-7-8-14-25-19)20(23(29)24(27)30)22(28)17-10-12-18(13-11-17)31-6-3/h7-14,21,28H,4-6,15-16H2,1-3H3/b22-20+. The Hall–Kier alpha value is -3.19. The first-order valence-electron chi connectivity index (χ1n) is 10.7. The van der Waals surface area contributed by atoms with E-state index in [1.807, 2.05) is 13.0 Å². The fourth-order valence-corrected chi connectivity index (χ4v) is 3.78. The molecule has 1 fully saturated rings. The number of nitrogens with zero attached hydrogens (tertiary/aromatic N) is 3. The van der Waals surface area contributed by atoms with Gasteiger partial charge in [0.15, 0.2) is 0 Å². The number of pyridine rings is 1. The molecule has 1 unspecified atom stereocenters. The van der Waals surface area contributed by atoms with Crippen molar-refractivity contribution in [2.24, 2.45) is 0 Å². The first-order valence-corrected chi connectivity index (χ1v) is 10.7. The lowest BCUT2D eigenvalue weighted by Gasteiger charge is -2.27. The topological polar surface area (TPSA) is 83.0 Å². The molecule has 31 heavy (non-hydrogen) atoms. The van der Waals surface area contributed by atoms with E-state index in [1.165, 1.54) is 4.90 Å². The Morgan fingerprint density at radius 2 is 1.81 bits per heavy atom. The number of ketones is 1. The Balaban J connectivity index is 2.03. The highest BCUT2D eigenvalue weighted by atomic mass is 16.5. The summed E-state index contributed by atoms with van der Waals surface area (Å²) in [5, 5.41) is 11.0. The number of aliphatic hydroxyl groups is 1. The molecule has 0 bridgehead atoms. The molecule has 1 aliphatic rings. The lowest BCUT2D eigenvalue weighted by atomic mass is 9.98. The fourth-order valence-electron chi connectivity index (χ4n) is 3.78. The number of rotatable bonds is 9. The molecule has 7 heteroatoms. The van der Waals surface area contributed by atoms with Gasteiger partial charge in [-0.1, -0.05) is 19.9 Å². The Kier molecular flexibility index (Phi) is 7.41. The van der Waals surface area contributed by atoms with E-state index in [-0.39, 0.29) is 11.3 Å². The van der Waals surface area contributed by atoms with Crippen LogP contribution in [0, 0.1) is 0 Å². The highest BCUT2D eigenvalue weighted by Gasteiger charge is 2.46. The van der Waals surface area contributed by atoms with Crippen molar-refractivity contribution in [1.29, 1.82) is 0 Å². The molecular formula is C24H29N3O4.